The fourth-order valence-corrected chi connectivity index (χ4v) is 4.25. The Morgan fingerprint density at radius 3 is 2.84 bits per heavy atom. The van der Waals surface area contributed by atoms with Crippen LogP contribution >= 0.6 is 11.3 Å². The van der Waals surface area contributed by atoms with Gasteiger partial charge in [-0.3, -0.25) is 9.78 Å². The molecule has 0 N–H and O–H groups in total. The molecule has 0 aliphatic carbocycles. The molecule has 1 saturated heterocycles. The number of amides is 1. The maximum Gasteiger partial charge on any atom is 0.274 e. The van der Waals surface area contributed by atoms with Crippen molar-refractivity contribution in [1.29, 1.82) is 0 Å². The Labute approximate surface area is 151 Å². The Balaban J connectivity index is 1.65. The van der Waals surface area contributed by atoms with E-state index in [1.54, 1.807) is 17.5 Å². The summed E-state index contributed by atoms with van der Waals surface area (Å²) in [5.41, 5.74) is 1.68. The van der Waals surface area contributed by atoms with Crippen molar-refractivity contribution in [3.8, 4) is 5.13 Å². The maximum absolute atomic E-state index is 13.2. The molecule has 128 valence electrons. The van der Waals surface area contributed by atoms with E-state index in [1.165, 1.54) is 0 Å². The highest BCUT2D eigenvalue weighted by Crippen LogP contribution is 2.33. The van der Waals surface area contributed by atoms with E-state index in [0.717, 1.165) is 41.4 Å². The summed E-state index contributed by atoms with van der Waals surface area (Å²) >= 11 is 1.55. The number of likely N-dealkylation sites (tertiary alicyclic amines) is 1. The molecular formula is C19H20N4OS. The van der Waals surface area contributed by atoms with Crippen LogP contribution < -0.4 is 0 Å². The van der Waals surface area contributed by atoms with Gasteiger partial charge in [0.15, 0.2) is 5.13 Å². The van der Waals surface area contributed by atoms with Crippen LogP contribution in [-0.2, 0) is 0 Å². The molecule has 6 heteroatoms. The fraction of sp³-hybridized carbons (Fsp3) is 0.316. The molecule has 1 atom stereocenters. The number of pyridine rings is 1. The molecule has 1 unspecified atom stereocenters. The first-order valence-corrected chi connectivity index (χ1v) is 9.37. The van der Waals surface area contributed by atoms with Gasteiger partial charge in [0.1, 0.15) is 5.69 Å². The Kier molecular flexibility index (Phi) is 4.36. The van der Waals surface area contributed by atoms with Crippen LogP contribution in [0.2, 0.25) is 0 Å². The van der Waals surface area contributed by atoms with Crippen molar-refractivity contribution < 1.29 is 4.79 Å². The molecule has 1 amide bonds. The van der Waals surface area contributed by atoms with Gasteiger partial charge in [0, 0.05) is 36.2 Å². The van der Waals surface area contributed by atoms with Gasteiger partial charge in [0.25, 0.3) is 5.91 Å². The molecule has 25 heavy (non-hydrogen) atoms. The first-order valence-electron chi connectivity index (χ1n) is 8.55. The van der Waals surface area contributed by atoms with Crippen molar-refractivity contribution in [2.75, 3.05) is 6.54 Å². The molecule has 1 aliphatic rings. The topological polar surface area (TPSA) is 51.0 Å². The van der Waals surface area contributed by atoms with Crippen LogP contribution in [0.15, 0.2) is 49.1 Å². The van der Waals surface area contributed by atoms with Crippen LogP contribution in [0.1, 0.15) is 46.2 Å². The van der Waals surface area contributed by atoms with E-state index in [4.69, 9.17) is 0 Å². The second-order valence-electron chi connectivity index (χ2n) is 6.29. The number of aromatic nitrogens is 3. The third-order valence-electron chi connectivity index (χ3n) is 4.65. The Morgan fingerprint density at radius 1 is 1.24 bits per heavy atom. The van der Waals surface area contributed by atoms with Crippen molar-refractivity contribution in [1.82, 2.24) is 19.4 Å². The highest BCUT2D eigenvalue weighted by Gasteiger charge is 2.31. The summed E-state index contributed by atoms with van der Waals surface area (Å²) < 4.78 is 1.95. The van der Waals surface area contributed by atoms with Crippen LogP contribution in [0.25, 0.3) is 5.13 Å². The first kappa shape index (κ1) is 16.0. The van der Waals surface area contributed by atoms with E-state index >= 15 is 0 Å². The third kappa shape index (κ3) is 3.09. The summed E-state index contributed by atoms with van der Waals surface area (Å²) in [5.74, 6) is 0.0284. The van der Waals surface area contributed by atoms with E-state index in [9.17, 15) is 4.79 Å². The first-order chi connectivity index (χ1) is 12.2. The lowest BCUT2D eigenvalue weighted by Gasteiger charge is -2.35. The van der Waals surface area contributed by atoms with Crippen LogP contribution in [0.5, 0.6) is 0 Å². The van der Waals surface area contributed by atoms with E-state index in [0.29, 0.717) is 5.69 Å². The highest BCUT2D eigenvalue weighted by molar-refractivity contribution is 7.14. The van der Waals surface area contributed by atoms with Crippen LogP contribution in [0.4, 0.5) is 0 Å². The number of nitrogens with zero attached hydrogens (tertiary/aromatic N) is 4. The second-order valence-corrected chi connectivity index (χ2v) is 7.47. The van der Waals surface area contributed by atoms with Crippen molar-refractivity contribution in [2.45, 2.75) is 32.2 Å². The smallest absolute Gasteiger partial charge is 0.274 e. The molecule has 0 saturated carbocycles. The van der Waals surface area contributed by atoms with Crippen LogP contribution in [-0.4, -0.2) is 31.9 Å². The Morgan fingerprint density at radius 2 is 2.08 bits per heavy atom. The maximum atomic E-state index is 13.2. The zero-order valence-electron chi connectivity index (χ0n) is 14.1. The average Bonchev–Trinajstić information content (AvgIpc) is 3.31. The monoisotopic (exact) mass is 352 g/mol. The number of hydrogen-bond donors (Lipinski definition) is 0. The summed E-state index contributed by atoms with van der Waals surface area (Å²) in [7, 11) is 0. The van der Waals surface area contributed by atoms with E-state index in [1.807, 2.05) is 53.2 Å². The van der Waals surface area contributed by atoms with Gasteiger partial charge in [0.05, 0.1) is 6.04 Å². The summed E-state index contributed by atoms with van der Waals surface area (Å²) in [4.78, 5) is 25.0. The lowest BCUT2D eigenvalue weighted by molar-refractivity contribution is 0.0605. The number of rotatable bonds is 3. The molecule has 0 bridgehead atoms. The standard InChI is InChI=1S/C19H20N4OS/c1-14-17(21-19(25-14)22-10-4-5-11-22)18(24)23-12-3-2-8-16(23)15-7-6-9-20-13-15/h4-7,9-11,13,16H,2-3,8,12H2,1H3. The minimum atomic E-state index is 0.0284. The lowest BCUT2D eigenvalue weighted by atomic mass is 9.96. The third-order valence-corrected chi connectivity index (χ3v) is 5.63. The second kappa shape index (κ2) is 6.80. The Bertz CT molecular complexity index is 857. The van der Waals surface area contributed by atoms with Gasteiger partial charge in [-0.25, -0.2) is 4.98 Å². The van der Waals surface area contributed by atoms with Gasteiger partial charge in [-0.1, -0.05) is 6.07 Å². The zero-order chi connectivity index (χ0) is 17.2. The van der Waals surface area contributed by atoms with E-state index in [-0.39, 0.29) is 11.9 Å². The minimum Gasteiger partial charge on any atom is -0.330 e. The molecule has 0 spiro atoms. The number of carbonyl (C=O) groups excluding carboxylic acids is 1. The number of piperidine rings is 1. The predicted octanol–water partition coefficient (Wildman–Crippen LogP) is 4.00. The molecule has 5 nitrogen and oxygen atoms in total. The largest absolute Gasteiger partial charge is 0.330 e. The van der Waals surface area contributed by atoms with Crippen molar-refractivity contribution in [2.24, 2.45) is 0 Å². The predicted molar refractivity (Wildman–Crippen MR) is 98.0 cm³/mol. The molecule has 4 rings (SSSR count). The van der Waals surface area contributed by atoms with Crippen molar-refractivity contribution >= 4 is 17.2 Å². The van der Waals surface area contributed by atoms with E-state index < -0.39 is 0 Å². The normalized spacial score (nSPS) is 17.6. The number of hydrogen-bond acceptors (Lipinski definition) is 4. The molecule has 3 aromatic rings. The van der Waals surface area contributed by atoms with Gasteiger partial charge in [-0.15, -0.1) is 11.3 Å². The molecule has 4 heterocycles. The van der Waals surface area contributed by atoms with Crippen LogP contribution in [0.3, 0.4) is 0 Å². The van der Waals surface area contributed by atoms with Crippen LogP contribution in [0, 0.1) is 6.92 Å². The van der Waals surface area contributed by atoms with Gasteiger partial charge in [-0.05, 0) is 49.9 Å². The van der Waals surface area contributed by atoms with Crippen molar-refractivity contribution in [3.05, 3.63) is 65.2 Å². The zero-order valence-corrected chi connectivity index (χ0v) is 14.9. The van der Waals surface area contributed by atoms with Gasteiger partial charge in [0.2, 0.25) is 0 Å². The summed E-state index contributed by atoms with van der Waals surface area (Å²) in [5, 5.41) is 0.834. The number of aryl methyl sites for hydroxylation is 1. The lowest BCUT2D eigenvalue weighted by Crippen LogP contribution is -2.39. The quantitative estimate of drug-likeness (QED) is 0.716. The summed E-state index contributed by atoms with van der Waals surface area (Å²) in [6.07, 6.45) is 10.7. The SMILES string of the molecule is Cc1sc(-n2cccc2)nc1C(=O)N1CCCCC1c1cccnc1. The molecule has 1 fully saturated rings. The van der Waals surface area contributed by atoms with E-state index in [2.05, 4.69) is 16.0 Å². The number of thiazole rings is 1. The fourth-order valence-electron chi connectivity index (χ4n) is 3.38. The average molecular weight is 352 g/mol. The Hall–Kier alpha value is -2.47. The van der Waals surface area contributed by atoms with Gasteiger partial charge < -0.3 is 9.47 Å². The van der Waals surface area contributed by atoms with Gasteiger partial charge in [-0.2, -0.15) is 0 Å². The van der Waals surface area contributed by atoms with Crippen molar-refractivity contribution in [3.63, 3.8) is 0 Å². The molecule has 0 aromatic carbocycles. The summed E-state index contributed by atoms with van der Waals surface area (Å²) in [6, 6.07) is 8.00. The highest BCUT2D eigenvalue weighted by atomic mass is 32.1. The molecule has 3 aromatic heterocycles. The molecule has 1 aliphatic heterocycles. The minimum absolute atomic E-state index is 0.0284. The molecular weight excluding hydrogens is 332 g/mol. The van der Waals surface area contributed by atoms with Gasteiger partial charge >= 0.3 is 0 Å². The summed E-state index contributed by atoms with van der Waals surface area (Å²) in [6.45, 7) is 2.75. The number of carbonyl (C=O) groups is 1. The molecule has 0 radical (unpaired) electrons.